The molecule has 0 rings (SSSR count). The monoisotopic (exact) mass is 312 g/mol. The Kier molecular flexibility index (Phi) is 19.3. The number of nitrogens with one attached hydrogen (secondary N) is 1. The van der Waals surface area contributed by atoms with Gasteiger partial charge in [-0.1, -0.05) is 9.39 Å². The molecule has 0 aliphatic heterocycles. The molecule has 0 saturated carbocycles. The Hall–Kier alpha value is 0.150. The average molecular weight is 312 g/mol. The van der Waals surface area contributed by atoms with Gasteiger partial charge in [0.25, 0.3) is 0 Å². The third-order valence-electron chi connectivity index (χ3n) is 2.14. The summed E-state index contributed by atoms with van der Waals surface area (Å²) < 4.78 is 26.4. The van der Waals surface area contributed by atoms with Gasteiger partial charge in [-0.15, -0.1) is 0 Å². The summed E-state index contributed by atoms with van der Waals surface area (Å²) in [6.45, 7) is 7.26. The van der Waals surface area contributed by atoms with E-state index >= 15 is 0 Å². The van der Waals surface area contributed by atoms with Crippen LogP contribution in [0.1, 0.15) is 0 Å². The van der Waals surface area contributed by atoms with E-state index in [0.29, 0.717) is 72.6 Å². The minimum absolute atomic E-state index is 0.544. The lowest BCUT2D eigenvalue weighted by atomic mass is 10.6. The first-order valence-corrected chi connectivity index (χ1v) is 7.51. The molecule has 3 N–H and O–H groups in total. The van der Waals surface area contributed by atoms with Crippen LogP contribution in [0.25, 0.3) is 0 Å². The second kappa shape index (κ2) is 19.1. The van der Waals surface area contributed by atoms with Crippen LogP contribution in [-0.4, -0.2) is 79.2 Å². The molecule has 0 fully saturated rings. The molecule has 1 unspecified atom stereocenters. The van der Waals surface area contributed by atoms with E-state index in [9.17, 15) is 0 Å². The first-order chi connectivity index (χ1) is 9.91. The molecule has 20 heavy (non-hydrogen) atoms. The van der Waals surface area contributed by atoms with Crippen molar-refractivity contribution in [3.05, 3.63) is 0 Å². The largest absolute Gasteiger partial charge is 0.378 e. The molecule has 7 nitrogen and oxygen atoms in total. The summed E-state index contributed by atoms with van der Waals surface area (Å²) >= 11 is 0. The molecule has 1 atom stereocenters. The summed E-state index contributed by atoms with van der Waals surface area (Å²) in [5.74, 6) is 0. The third kappa shape index (κ3) is 18.1. The third-order valence-corrected chi connectivity index (χ3v) is 2.43. The van der Waals surface area contributed by atoms with Crippen LogP contribution in [0.15, 0.2) is 0 Å². The quantitative estimate of drug-likeness (QED) is 0.274. The van der Waals surface area contributed by atoms with Gasteiger partial charge < -0.3 is 29.4 Å². The molecule has 0 aliphatic rings. The van der Waals surface area contributed by atoms with E-state index in [2.05, 4.69) is 14.5 Å². The molecule has 0 bridgehead atoms. The molecule has 8 heteroatoms. The molecule has 0 aromatic rings. The topological polar surface area (TPSA) is 84.2 Å². The van der Waals surface area contributed by atoms with Gasteiger partial charge in [0.15, 0.2) is 0 Å². The highest BCUT2D eigenvalue weighted by molar-refractivity contribution is 7.13. The van der Waals surface area contributed by atoms with Crippen molar-refractivity contribution in [2.24, 2.45) is 5.73 Å². The summed E-state index contributed by atoms with van der Waals surface area (Å²) in [4.78, 5) is 0. The standard InChI is InChI=1S/C12H29N2O5P/c13-1-3-15-5-7-17-9-11-19-12-10-18-8-6-16-4-2-14-20/h14H,1-13,20H2. The van der Waals surface area contributed by atoms with Crippen LogP contribution in [0, 0.1) is 0 Å². The van der Waals surface area contributed by atoms with E-state index in [-0.39, 0.29) is 0 Å². The van der Waals surface area contributed by atoms with Crippen molar-refractivity contribution in [2.75, 3.05) is 79.2 Å². The highest BCUT2D eigenvalue weighted by atomic mass is 31.0. The fourth-order valence-electron chi connectivity index (χ4n) is 1.20. The number of hydrogen-bond donors (Lipinski definition) is 2. The van der Waals surface area contributed by atoms with E-state index < -0.39 is 0 Å². The molecule has 0 aliphatic carbocycles. The summed E-state index contributed by atoms with van der Waals surface area (Å²) in [6, 6.07) is 0. The zero-order chi connectivity index (χ0) is 14.7. The summed E-state index contributed by atoms with van der Waals surface area (Å²) in [5.41, 5.74) is 5.28. The Labute approximate surface area is 124 Å². The first-order valence-electron chi connectivity index (χ1n) is 6.94. The van der Waals surface area contributed by atoms with Crippen molar-refractivity contribution in [3.8, 4) is 0 Å². The summed E-state index contributed by atoms with van der Waals surface area (Å²) in [5, 5.41) is 2.92. The lowest BCUT2D eigenvalue weighted by Crippen LogP contribution is -2.15. The fraction of sp³-hybridized carbons (Fsp3) is 1.00. The highest BCUT2D eigenvalue weighted by Crippen LogP contribution is 1.83. The molecule has 0 spiro atoms. The second-order valence-corrected chi connectivity index (χ2v) is 4.21. The van der Waals surface area contributed by atoms with Crippen molar-refractivity contribution < 1.29 is 23.7 Å². The molecule has 0 radical (unpaired) electrons. The fourth-order valence-corrected chi connectivity index (χ4v) is 1.31. The van der Waals surface area contributed by atoms with E-state index in [1.165, 1.54) is 0 Å². The summed E-state index contributed by atoms with van der Waals surface area (Å²) in [7, 11) is 2.43. The van der Waals surface area contributed by atoms with Gasteiger partial charge in [0.2, 0.25) is 0 Å². The SMILES string of the molecule is NCCOCCOCCOCCOCCOCCNP. The normalized spacial score (nSPS) is 11.1. The first kappa shape index (κ1) is 20.1. The maximum Gasteiger partial charge on any atom is 0.0701 e. The van der Waals surface area contributed by atoms with Crippen LogP contribution >= 0.6 is 9.39 Å². The van der Waals surface area contributed by atoms with Gasteiger partial charge in [-0.2, -0.15) is 0 Å². The van der Waals surface area contributed by atoms with Crippen LogP contribution in [0.3, 0.4) is 0 Å². The molecule has 0 heterocycles. The van der Waals surface area contributed by atoms with Crippen LogP contribution in [0.5, 0.6) is 0 Å². The number of ether oxygens (including phenoxy) is 5. The van der Waals surface area contributed by atoms with Gasteiger partial charge in [-0.25, -0.2) is 0 Å². The maximum absolute atomic E-state index is 5.34. The average Bonchev–Trinajstić information content (AvgIpc) is 2.47. The van der Waals surface area contributed by atoms with Gasteiger partial charge >= 0.3 is 0 Å². The van der Waals surface area contributed by atoms with Crippen molar-refractivity contribution in [1.29, 1.82) is 0 Å². The second-order valence-electron chi connectivity index (χ2n) is 3.80. The zero-order valence-corrected chi connectivity index (χ0v) is 13.3. The van der Waals surface area contributed by atoms with E-state index in [1.807, 2.05) is 0 Å². The van der Waals surface area contributed by atoms with Crippen molar-refractivity contribution >= 4 is 9.39 Å². The van der Waals surface area contributed by atoms with Crippen molar-refractivity contribution in [2.45, 2.75) is 0 Å². The van der Waals surface area contributed by atoms with Crippen LogP contribution in [0.2, 0.25) is 0 Å². The van der Waals surface area contributed by atoms with Crippen LogP contribution < -0.4 is 10.8 Å². The molecule has 122 valence electrons. The van der Waals surface area contributed by atoms with Gasteiger partial charge in [0.05, 0.1) is 66.1 Å². The van der Waals surface area contributed by atoms with Crippen LogP contribution in [0.4, 0.5) is 0 Å². The Morgan fingerprint density at radius 3 is 1.30 bits per heavy atom. The molecule has 0 aromatic carbocycles. The van der Waals surface area contributed by atoms with Gasteiger partial charge in [-0.3, -0.25) is 5.09 Å². The minimum Gasteiger partial charge on any atom is -0.378 e. The highest BCUT2D eigenvalue weighted by Gasteiger charge is 1.93. The van der Waals surface area contributed by atoms with Crippen molar-refractivity contribution in [1.82, 2.24) is 5.09 Å². The lowest BCUT2D eigenvalue weighted by Gasteiger charge is -2.07. The Balaban J connectivity index is 2.89. The van der Waals surface area contributed by atoms with E-state index in [4.69, 9.17) is 29.4 Å². The van der Waals surface area contributed by atoms with Crippen LogP contribution in [-0.2, 0) is 23.7 Å². The van der Waals surface area contributed by atoms with Gasteiger partial charge in [-0.05, 0) is 0 Å². The zero-order valence-electron chi connectivity index (χ0n) is 12.2. The van der Waals surface area contributed by atoms with Gasteiger partial charge in [0, 0.05) is 13.1 Å². The molecular formula is C12H29N2O5P. The Morgan fingerprint density at radius 1 is 0.600 bits per heavy atom. The molecule has 0 saturated heterocycles. The number of nitrogens with two attached hydrogens (primary N) is 1. The molecule has 0 amide bonds. The smallest absolute Gasteiger partial charge is 0.0701 e. The minimum atomic E-state index is 0.544. The molecule has 0 aromatic heterocycles. The predicted molar refractivity (Wildman–Crippen MR) is 80.9 cm³/mol. The number of rotatable bonds is 17. The van der Waals surface area contributed by atoms with Gasteiger partial charge in [0.1, 0.15) is 0 Å². The number of hydrogen-bond acceptors (Lipinski definition) is 7. The Bertz CT molecular complexity index is 162. The summed E-state index contributed by atoms with van der Waals surface area (Å²) in [6.07, 6.45) is 0. The predicted octanol–water partition coefficient (Wildman–Crippen LogP) is -0.592. The van der Waals surface area contributed by atoms with E-state index in [0.717, 1.165) is 6.54 Å². The molecular weight excluding hydrogens is 283 g/mol. The lowest BCUT2D eigenvalue weighted by molar-refractivity contribution is -0.0101. The van der Waals surface area contributed by atoms with Crippen molar-refractivity contribution in [3.63, 3.8) is 0 Å². The Morgan fingerprint density at radius 2 is 0.950 bits per heavy atom. The maximum atomic E-state index is 5.34. The van der Waals surface area contributed by atoms with E-state index in [1.54, 1.807) is 0 Å².